The van der Waals surface area contributed by atoms with Crippen molar-refractivity contribution < 1.29 is 14.3 Å². The first kappa shape index (κ1) is 20.3. The number of methoxy groups -OCH3 is 2. The van der Waals surface area contributed by atoms with Crippen LogP contribution in [-0.2, 0) is 30.6 Å². The van der Waals surface area contributed by atoms with Crippen molar-refractivity contribution in [3.63, 3.8) is 0 Å². The molecule has 6 heteroatoms. The normalized spacial score (nSPS) is 23.5. The Morgan fingerprint density at radius 1 is 1.00 bits per heavy atom. The molecule has 3 aliphatic rings. The van der Waals surface area contributed by atoms with Gasteiger partial charge < -0.3 is 20.1 Å². The fourth-order valence-electron chi connectivity index (χ4n) is 5.59. The van der Waals surface area contributed by atoms with Gasteiger partial charge in [-0.3, -0.25) is 9.69 Å². The lowest BCUT2D eigenvalue weighted by atomic mass is 9.97. The number of carbonyl (C=O) groups excluding carboxylic acids is 1. The number of nitrogens with zero attached hydrogens (tertiary/aromatic N) is 2. The first-order valence-corrected chi connectivity index (χ1v) is 11.2. The molecule has 2 aromatic carbocycles. The molecular formula is C25H31N3O3. The van der Waals surface area contributed by atoms with Crippen LogP contribution in [0.4, 0.5) is 0 Å². The molecule has 0 bridgehead atoms. The van der Waals surface area contributed by atoms with Crippen molar-refractivity contribution in [2.45, 2.75) is 50.4 Å². The predicted octanol–water partition coefficient (Wildman–Crippen LogP) is 2.16. The summed E-state index contributed by atoms with van der Waals surface area (Å²) >= 11 is 0. The van der Waals surface area contributed by atoms with Crippen molar-refractivity contribution in [1.29, 1.82) is 0 Å². The van der Waals surface area contributed by atoms with Crippen molar-refractivity contribution in [2.24, 2.45) is 5.73 Å². The quantitative estimate of drug-likeness (QED) is 0.820. The number of carbonyl (C=O) groups is 1. The van der Waals surface area contributed by atoms with Crippen LogP contribution in [0.15, 0.2) is 36.4 Å². The summed E-state index contributed by atoms with van der Waals surface area (Å²) in [6, 6.07) is 13.0. The Bertz CT molecular complexity index is 967. The number of likely N-dealkylation sites (tertiary alicyclic amines) is 1. The van der Waals surface area contributed by atoms with E-state index in [2.05, 4.69) is 29.2 Å². The van der Waals surface area contributed by atoms with Crippen LogP contribution in [0.25, 0.3) is 0 Å². The van der Waals surface area contributed by atoms with Gasteiger partial charge in [-0.25, -0.2) is 0 Å². The number of fused-ring (bicyclic) bond motifs is 2. The fourth-order valence-corrected chi connectivity index (χ4v) is 5.59. The third-order valence-electron chi connectivity index (χ3n) is 7.18. The van der Waals surface area contributed by atoms with E-state index in [4.69, 9.17) is 15.2 Å². The molecule has 0 saturated carbocycles. The van der Waals surface area contributed by atoms with E-state index in [9.17, 15) is 4.79 Å². The van der Waals surface area contributed by atoms with E-state index in [0.717, 1.165) is 50.1 Å². The summed E-state index contributed by atoms with van der Waals surface area (Å²) in [5.41, 5.74) is 11.5. The summed E-state index contributed by atoms with van der Waals surface area (Å²) in [6.07, 6.45) is 3.58. The average molecular weight is 422 g/mol. The second kappa shape index (κ2) is 8.17. The Kier molecular flexibility index (Phi) is 5.36. The van der Waals surface area contributed by atoms with Crippen LogP contribution >= 0.6 is 0 Å². The summed E-state index contributed by atoms with van der Waals surface area (Å²) in [6.45, 7) is 2.13. The van der Waals surface area contributed by atoms with Crippen LogP contribution in [0.3, 0.4) is 0 Å². The molecule has 5 rings (SSSR count). The molecule has 0 radical (unpaired) electrons. The number of nitrogens with two attached hydrogens (primary N) is 1. The topological polar surface area (TPSA) is 68.0 Å². The lowest BCUT2D eigenvalue weighted by molar-refractivity contribution is -0.137. The summed E-state index contributed by atoms with van der Waals surface area (Å²) in [4.78, 5) is 18.0. The molecule has 1 saturated heterocycles. The van der Waals surface area contributed by atoms with Crippen molar-refractivity contribution in [1.82, 2.24) is 9.80 Å². The highest BCUT2D eigenvalue weighted by Crippen LogP contribution is 2.35. The third kappa shape index (κ3) is 3.68. The maximum absolute atomic E-state index is 13.6. The van der Waals surface area contributed by atoms with Crippen molar-refractivity contribution in [2.75, 3.05) is 27.3 Å². The number of amides is 1. The number of ether oxygens (including phenoxy) is 2. The van der Waals surface area contributed by atoms with Gasteiger partial charge in [0.15, 0.2) is 11.5 Å². The van der Waals surface area contributed by atoms with Gasteiger partial charge in [-0.2, -0.15) is 0 Å². The minimum absolute atomic E-state index is 0.0547. The molecule has 1 aliphatic carbocycles. The molecular weight excluding hydrogens is 390 g/mol. The molecule has 2 atom stereocenters. The highest BCUT2D eigenvalue weighted by molar-refractivity contribution is 5.83. The van der Waals surface area contributed by atoms with Crippen LogP contribution < -0.4 is 15.2 Å². The van der Waals surface area contributed by atoms with Crippen LogP contribution in [0, 0.1) is 0 Å². The molecule has 2 heterocycles. The number of hydrogen-bond donors (Lipinski definition) is 1. The second-order valence-electron chi connectivity index (χ2n) is 9.02. The van der Waals surface area contributed by atoms with Gasteiger partial charge in [0, 0.05) is 31.7 Å². The lowest BCUT2D eigenvalue weighted by Crippen LogP contribution is -2.50. The average Bonchev–Trinajstić information content (AvgIpc) is 3.40. The smallest absolute Gasteiger partial charge is 0.240 e. The summed E-state index contributed by atoms with van der Waals surface area (Å²) in [5.74, 6) is 1.67. The van der Waals surface area contributed by atoms with Gasteiger partial charge in [0.05, 0.1) is 20.3 Å². The van der Waals surface area contributed by atoms with Gasteiger partial charge in [0.25, 0.3) is 0 Å². The molecule has 1 fully saturated rings. The van der Waals surface area contributed by atoms with E-state index in [-0.39, 0.29) is 18.0 Å². The monoisotopic (exact) mass is 421 g/mol. The van der Waals surface area contributed by atoms with E-state index >= 15 is 0 Å². The molecule has 2 aromatic rings. The molecule has 31 heavy (non-hydrogen) atoms. The maximum Gasteiger partial charge on any atom is 0.240 e. The summed E-state index contributed by atoms with van der Waals surface area (Å²) in [5, 5.41) is 0. The summed E-state index contributed by atoms with van der Waals surface area (Å²) < 4.78 is 10.9. The van der Waals surface area contributed by atoms with Crippen molar-refractivity contribution in [3.05, 3.63) is 58.7 Å². The van der Waals surface area contributed by atoms with Gasteiger partial charge in [-0.05, 0) is 60.1 Å². The van der Waals surface area contributed by atoms with Crippen molar-refractivity contribution >= 4 is 5.91 Å². The van der Waals surface area contributed by atoms with Gasteiger partial charge in [0.1, 0.15) is 0 Å². The zero-order valence-corrected chi connectivity index (χ0v) is 18.3. The standard InChI is InChI=1S/C25H31N3O3/c1-30-23-11-18-7-8-27(14-19(18)12-24(23)31-2)25(29)22-13-20(26)15-28(22)21-9-16-5-3-4-6-17(16)10-21/h3-6,11-12,20-22H,7-10,13-15,26H2,1-2H3/t20-,22+/m1/s1. The second-order valence-corrected chi connectivity index (χ2v) is 9.02. The Morgan fingerprint density at radius 3 is 2.29 bits per heavy atom. The minimum Gasteiger partial charge on any atom is -0.493 e. The molecule has 0 unspecified atom stereocenters. The largest absolute Gasteiger partial charge is 0.493 e. The Balaban J connectivity index is 1.34. The van der Waals surface area contributed by atoms with Gasteiger partial charge in [0.2, 0.25) is 5.91 Å². The van der Waals surface area contributed by atoms with Crippen LogP contribution in [0.1, 0.15) is 28.7 Å². The van der Waals surface area contributed by atoms with Gasteiger partial charge in [-0.15, -0.1) is 0 Å². The highest BCUT2D eigenvalue weighted by atomic mass is 16.5. The third-order valence-corrected chi connectivity index (χ3v) is 7.18. The van der Waals surface area contributed by atoms with E-state index in [1.54, 1.807) is 14.2 Å². The zero-order chi connectivity index (χ0) is 21.5. The number of benzene rings is 2. The fraction of sp³-hybridized carbons (Fsp3) is 0.480. The zero-order valence-electron chi connectivity index (χ0n) is 18.3. The number of hydrogen-bond acceptors (Lipinski definition) is 5. The molecule has 1 amide bonds. The first-order valence-electron chi connectivity index (χ1n) is 11.2. The van der Waals surface area contributed by atoms with Crippen molar-refractivity contribution in [3.8, 4) is 11.5 Å². The van der Waals surface area contributed by atoms with E-state index in [0.29, 0.717) is 18.3 Å². The van der Waals surface area contributed by atoms with E-state index in [1.165, 1.54) is 16.7 Å². The summed E-state index contributed by atoms with van der Waals surface area (Å²) in [7, 11) is 3.30. The molecule has 2 N–H and O–H groups in total. The van der Waals surface area contributed by atoms with Crippen LogP contribution in [-0.4, -0.2) is 61.1 Å². The predicted molar refractivity (Wildman–Crippen MR) is 119 cm³/mol. The number of rotatable bonds is 4. The Morgan fingerprint density at radius 2 is 1.65 bits per heavy atom. The molecule has 6 nitrogen and oxygen atoms in total. The van der Waals surface area contributed by atoms with Gasteiger partial charge in [-0.1, -0.05) is 24.3 Å². The molecule has 164 valence electrons. The maximum atomic E-state index is 13.6. The van der Waals surface area contributed by atoms with Gasteiger partial charge >= 0.3 is 0 Å². The first-order chi connectivity index (χ1) is 15.1. The highest BCUT2D eigenvalue weighted by Gasteiger charge is 2.42. The molecule has 0 spiro atoms. The Labute approximate surface area is 183 Å². The van der Waals surface area contributed by atoms with Crippen LogP contribution in [0.5, 0.6) is 11.5 Å². The minimum atomic E-state index is -0.129. The lowest BCUT2D eigenvalue weighted by Gasteiger charge is -2.36. The molecule has 2 aliphatic heterocycles. The van der Waals surface area contributed by atoms with Crippen LogP contribution in [0.2, 0.25) is 0 Å². The Hall–Kier alpha value is -2.57. The molecule has 0 aromatic heterocycles. The van der Waals surface area contributed by atoms with E-state index < -0.39 is 0 Å². The van der Waals surface area contributed by atoms with E-state index in [1.807, 2.05) is 17.0 Å². The SMILES string of the molecule is COc1cc2c(cc1OC)CN(C(=O)[C@@H]1C[C@@H](N)CN1C1Cc3ccccc3C1)CC2.